The Bertz CT molecular complexity index is 1500. The van der Waals surface area contributed by atoms with Gasteiger partial charge in [-0.2, -0.15) is 0 Å². The number of aliphatic hydroxyl groups excluding tert-OH is 2. The highest BCUT2D eigenvalue weighted by Gasteiger charge is 2.65. The van der Waals surface area contributed by atoms with E-state index in [9.17, 15) is 29.7 Å². The minimum atomic E-state index is -1.55. The Morgan fingerprint density at radius 2 is 1.74 bits per heavy atom. The summed E-state index contributed by atoms with van der Waals surface area (Å²) in [6.07, 6.45) is 10.9. The SMILES string of the molecule is CC(=O)C1=C(O)C[C@@]2(C)C[C@@]3(C)Cc4c(C5=CC=C(CCC6CC6)C5)ccc(O)c4C(=O)C3=C(O)[C@@]2(C)C1=O. The van der Waals surface area contributed by atoms with Crippen molar-refractivity contribution in [2.45, 2.75) is 79.1 Å². The van der Waals surface area contributed by atoms with Crippen LogP contribution in [0.25, 0.3) is 5.57 Å². The lowest BCUT2D eigenvalue weighted by molar-refractivity contribution is -0.138. The fourth-order valence-corrected chi connectivity index (χ4v) is 7.93. The first-order valence-electron chi connectivity index (χ1n) is 14.0. The predicted molar refractivity (Wildman–Crippen MR) is 147 cm³/mol. The van der Waals surface area contributed by atoms with Crippen molar-refractivity contribution in [3.8, 4) is 5.75 Å². The highest BCUT2D eigenvalue weighted by atomic mass is 16.3. The molecule has 0 aliphatic heterocycles. The van der Waals surface area contributed by atoms with Gasteiger partial charge < -0.3 is 15.3 Å². The van der Waals surface area contributed by atoms with Gasteiger partial charge in [-0.05, 0) is 80.1 Å². The van der Waals surface area contributed by atoms with Crippen LogP contribution < -0.4 is 0 Å². The second-order valence-electron chi connectivity index (χ2n) is 13.2. The molecule has 1 fully saturated rings. The molecule has 6 heteroatoms. The van der Waals surface area contributed by atoms with Gasteiger partial charge in [0.25, 0.3) is 0 Å². The first kappa shape index (κ1) is 25.8. The molecule has 5 aliphatic rings. The molecule has 0 amide bonds. The fourth-order valence-electron chi connectivity index (χ4n) is 7.93. The van der Waals surface area contributed by atoms with E-state index in [-0.39, 0.29) is 40.4 Å². The summed E-state index contributed by atoms with van der Waals surface area (Å²) in [5, 5.41) is 33.4. The second-order valence-corrected chi connectivity index (χ2v) is 13.2. The summed E-state index contributed by atoms with van der Waals surface area (Å²) in [6, 6.07) is 3.43. The van der Waals surface area contributed by atoms with Crippen LogP contribution in [0.1, 0.15) is 94.1 Å². The van der Waals surface area contributed by atoms with Crippen molar-refractivity contribution in [2.75, 3.05) is 0 Å². The number of ketones is 3. The zero-order valence-corrected chi connectivity index (χ0v) is 23.1. The Morgan fingerprint density at radius 3 is 2.41 bits per heavy atom. The van der Waals surface area contributed by atoms with Crippen molar-refractivity contribution in [3.63, 3.8) is 0 Å². The van der Waals surface area contributed by atoms with E-state index >= 15 is 0 Å². The summed E-state index contributed by atoms with van der Waals surface area (Å²) >= 11 is 0. The molecule has 1 aromatic rings. The van der Waals surface area contributed by atoms with Gasteiger partial charge in [-0.25, -0.2) is 0 Å². The number of phenols is 1. The van der Waals surface area contributed by atoms with Crippen LogP contribution in [0.2, 0.25) is 0 Å². The number of aromatic hydroxyl groups is 1. The van der Waals surface area contributed by atoms with Crippen molar-refractivity contribution >= 4 is 22.9 Å². The smallest absolute Gasteiger partial charge is 0.196 e. The van der Waals surface area contributed by atoms with E-state index in [4.69, 9.17) is 0 Å². The maximum absolute atomic E-state index is 14.2. The average Bonchev–Trinajstić information content (AvgIpc) is 3.55. The average molecular weight is 529 g/mol. The molecule has 0 saturated heterocycles. The molecule has 1 aromatic carbocycles. The lowest BCUT2D eigenvalue weighted by atomic mass is 9.44. The van der Waals surface area contributed by atoms with Gasteiger partial charge in [0, 0.05) is 17.4 Å². The van der Waals surface area contributed by atoms with Crippen molar-refractivity contribution in [2.24, 2.45) is 22.2 Å². The minimum Gasteiger partial charge on any atom is -0.511 e. The summed E-state index contributed by atoms with van der Waals surface area (Å²) in [5.74, 6) is -1.59. The number of hydrogen-bond donors (Lipinski definition) is 3. The molecule has 5 aliphatic carbocycles. The maximum atomic E-state index is 14.2. The van der Waals surface area contributed by atoms with Crippen molar-refractivity contribution in [1.29, 1.82) is 0 Å². The van der Waals surface area contributed by atoms with Gasteiger partial charge in [0.1, 0.15) is 17.3 Å². The van der Waals surface area contributed by atoms with E-state index in [1.165, 1.54) is 31.8 Å². The van der Waals surface area contributed by atoms with Gasteiger partial charge in [-0.1, -0.05) is 50.5 Å². The molecule has 0 spiro atoms. The van der Waals surface area contributed by atoms with Gasteiger partial charge in [-0.15, -0.1) is 0 Å². The molecule has 3 N–H and O–H groups in total. The van der Waals surface area contributed by atoms with Crippen LogP contribution >= 0.6 is 0 Å². The number of allylic oxidation sites excluding steroid dienone is 8. The number of phenolic OH excluding ortho intramolecular Hbond substituents is 1. The molecule has 6 rings (SSSR count). The number of aliphatic hydroxyl groups is 2. The number of hydrogen-bond acceptors (Lipinski definition) is 6. The predicted octanol–water partition coefficient (Wildman–Crippen LogP) is 6.64. The Kier molecular flexibility index (Phi) is 5.50. The van der Waals surface area contributed by atoms with Gasteiger partial charge in [0.15, 0.2) is 17.3 Å². The molecule has 3 atom stereocenters. The molecule has 1 saturated carbocycles. The summed E-state index contributed by atoms with van der Waals surface area (Å²) in [7, 11) is 0. The van der Waals surface area contributed by atoms with E-state index in [2.05, 4.69) is 12.2 Å². The minimum absolute atomic E-state index is 0.0461. The fraction of sp³-hybridized carbons (Fsp3) is 0.485. The number of Topliss-reactive ketones (excluding diaryl/α,β-unsaturated/α-hetero) is 3. The van der Waals surface area contributed by atoms with Gasteiger partial charge in [-0.3, -0.25) is 14.4 Å². The molecule has 204 valence electrons. The number of benzene rings is 1. The maximum Gasteiger partial charge on any atom is 0.196 e. The van der Waals surface area contributed by atoms with Crippen molar-refractivity contribution in [3.05, 3.63) is 69.2 Å². The lowest BCUT2D eigenvalue weighted by Gasteiger charge is -2.57. The summed E-state index contributed by atoms with van der Waals surface area (Å²) in [4.78, 5) is 40.1. The molecule has 39 heavy (non-hydrogen) atoms. The third-order valence-corrected chi connectivity index (χ3v) is 10.3. The van der Waals surface area contributed by atoms with E-state index in [0.717, 1.165) is 35.5 Å². The Hall–Kier alpha value is -3.41. The quantitative estimate of drug-likeness (QED) is 0.369. The lowest BCUT2D eigenvalue weighted by Crippen LogP contribution is -2.57. The highest BCUT2D eigenvalue weighted by molar-refractivity contribution is 6.24. The summed E-state index contributed by atoms with van der Waals surface area (Å²) in [5.41, 5.74) is 0.903. The Morgan fingerprint density at radius 1 is 1.03 bits per heavy atom. The van der Waals surface area contributed by atoms with Gasteiger partial charge >= 0.3 is 0 Å². The molecule has 0 aromatic heterocycles. The first-order chi connectivity index (χ1) is 18.3. The molecular formula is C33H36O6. The van der Waals surface area contributed by atoms with E-state index in [1.54, 1.807) is 13.0 Å². The second kappa shape index (κ2) is 8.30. The molecule has 0 bridgehead atoms. The highest BCUT2D eigenvalue weighted by Crippen LogP contribution is 2.66. The van der Waals surface area contributed by atoms with Crippen LogP contribution in [0.15, 0.2) is 52.5 Å². The van der Waals surface area contributed by atoms with Crippen LogP contribution in [-0.4, -0.2) is 32.7 Å². The standard InChI is InChI=1S/C33H36O6/c1-17(34)25-24(36)15-32(3)16-31(2)14-22-21(20-10-9-19(13-20)8-7-18-5-6-18)11-12-23(35)26(22)28(37)27(31)30(39)33(32,4)29(25)38/h9-12,18,35-36,39H,5-8,13-16H2,1-4H3/t31-,32+,33-/m1/s1. The third-order valence-electron chi connectivity index (χ3n) is 10.3. The molecule has 6 nitrogen and oxygen atoms in total. The van der Waals surface area contributed by atoms with Crippen LogP contribution in [-0.2, 0) is 16.0 Å². The number of rotatable bonds is 5. The van der Waals surface area contributed by atoms with Gasteiger partial charge in [0.2, 0.25) is 0 Å². The zero-order valence-electron chi connectivity index (χ0n) is 23.1. The molecule has 0 unspecified atom stereocenters. The first-order valence-corrected chi connectivity index (χ1v) is 14.0. The van der Waals surface area contributed by atoms with Crippen molar-refractivity contribution in [1.82, 2.24) is 0 Å². The third kappa shape index (κ3) is 3.56. The number of carbonyl (C=O) groups is 3. The molecule has 0 radical (unpaired) electrons. The largest absolute Gasteiger partial charge is 0.511 e. The Balaban J connectivity index is 1.44. The van der Waals surface area contributed by atoms with Crippen LogP contribution in [0, 0.1) is 22.2 Å². The summed E-state index contributed by atoms with van der Waals surface area (Å²) in [6.45, 7) is 6.56. The zero-order chi connectivity index (χ0) is 28.1. The van der Waals surface area contributed by atoms with Crippen LogP contribution in [0.5, 0.6) is 5.75 Å². The van der Waals surface area contributed by atoms with Crippen LogP contribution in [0.4, 0.5) is 0 Å². The Labute approximate surface area is 228 Å². The van der Waals surface area contributed by atoms with E-state index in [0.29, 0.717) is 12.8 Å². The van der Waals surface area contributed by atoms with E-state index < -0.39 is 33.6 Å². The van der Waals surface area contributed by atoms with Gasteiger partial charge in [0.05, 0.1) is 16.6 Å². The normalized spacial score (nSPS) is 32.0. The number of carbonyl (C=O) groups excluding carboxylic acids is 3. The topological polar surface area (TPSA) is 112 Å². The number of fused-ring (bicyclic) bond motifs is 3. The molecule has 0 heterocycles. The van der Waals surface area contributed by atoms with Crippen LogP contribution in [0.3, 0.4) is 0 Å². The monoisotopic (exact) mass is 528 g/mol. The van der Waals surface area contributed by atoms with E-state index in [1.807, 2.05) is 19.9 Å². The van der Waals surface area contributed by atoms with Crippen molar-refractivity contribution < 1.29 is 29.7 Å². The summed E-state index contributed by atoms with van der Waals surface area (Å²) < 4.78 is 0. The molecular weight excluding hydrogens is 492 g/mol.